The molecule has 27 heavy (non-hydrogen) atoms. The zero-order valence-corrected chi connectivity index (χ0v) is 15.9. The molecule has 0 aliphatic carbocycles. The van der Waals surface area contributed by atoms with Crippen LogP contribution in [0.5, 0.6) is 0 Å². The number of benzene rings is 1. The van der Waals surface area contributed by atoms with Crippen molar-refractivity contribution in [3.63, 3.8) is 0 Å². The van der Waals surface area contributed by atoms with E-state index in [1.54, 1.807) is 12.1 Å². The minimum Gasteiger partial charge on any atom is -0.452 e. The normalized spacial score (nSPS) is 15.6. The number of nitrogens with one attached hydrogen (secondary N) is 3. The Morgan fingerprint density at radius 2 is 1.85 bits per heavy atom. The molecule has 0 unspecified atom stereocenters. The van der Waals surface area contributed by atoms with Gasteiger partial charge in [0.25, 0.3) is 5.91 Å². The van der Waals surface area contributed by atoms with Crippen LogP contribution in [-0.4, -0.2) is 56.9 Å². The summed E-state index contributed by atoms with van der Waals surface area (Å²) in [5.74, 6) is -1.27. The summed E-state index contributed by atoms with van der Waals surface area (Å²) in [6.45, 7) is 7.62. The number of quaternary nitrogens is 1. The van der Waals surface area contributed by atoms with Crippen LogP contribution < -0.4 is 15.5 Å². The molecular formula is C19H28N3O5+. The Labute approximate surface area is 159 Å². The Hall–Kier alpha value is -2.45. The Morgan fingerprint density at radius 1 is 1.19 bits per heavy atom. The summed E-state index contributed by atoms with van der Waals surface area (Å²) in [6.07, 6.45) is 0.750. The molecule has 1 aromatic carbocycles. The molecule has 1 atom stereocenters. The molecule has 1 aliphatic rings. The number of ether oxygens (including phenoxy) is 2. The number of hydrogen-bond acceptors (Lipinski definition) is 5. The predicted molar refractivity (Wildman–Crippen MR) is 98.4 cm³/mol. The highest BCUT2D eigenvalue weighted by Gasteiger charge is 2.16. The zero-order chi connectivity index (χ0) is 19.6. The summed E-state index contributed by atoms with van der Waals surface area (Å²) >= 11 is 0. The fraction of sp³-hybridized carbons (Fsp3) is 0.526. The van der Waals surface area contributed by atoms with Gasteiger partial charge >= 0.3 is 12.0 Å². The number of morpholine rings is 1. The Bertz CT molecular complexity index is 641. The average molecular weight is 378 g/mol. The van der Waals surface area contributed by atoms with Gasteiger partial charge in [0, 0.05) is 11.6 Å². The van der Waals surface area contributed by atoms with E-state index in [-0.39, 0.29) is 6.04 Å². The summed E-state index contributed by atoms with van der Waals surface area (Å²) in [6, 6.07) is 6.51. The van der Waals surface area contributed by atoms with Gasteiger partial charge < -0.3 is 19.7 Å². The quantitative estimate of drug-likeness (QED) is 0.575. The number of rotatable bonds is 7. The van der Waals surface area contributed by atoms with Gasteiger partial charge in [-0.05, 0) is 25.5 Å². The van der Waals surface area contributed by atoms with Crippen molar-refractivity contribution in [2.24, 2.45) is 0 Å². The molecule has 1 heterocycles. The lowest BCUT2D eigenvalue weighted by molar-refractivity contribution is -0.921. The molecule has 148 valence electrons. The summed E-state index contributed by atoms with van der Waals surface area (Å²) in [5, 5.41) is 4.73. The van der Waals surface area contributed by atoms with E-state index in [0.29, 0.717) is 5.56 Å². The standard InChI is InChI=1S/C19H27N3O5/c1-3-14(2)20-19(25)21-17(23)13-27-18(24)16-6-4-15(5-7-16)12-22-8-10-26-11-9-22/h4-7,14H,3,8-13H2,1-2H3,(H2,20,21,23,25)/p+1/t14-/m0/s1. The molecule has 0 aromatic heterocycles. The van der Waals surface area contributed by atoms with Gasteiger partial charge in [0.05, 0.1) is 18.8 Å². The Morgan fingerprint density at radius 3 is 2.48 bits per heavy atom. The Balaban J connectivity index is 1.75. The molecule has 0 bridgehead atoms. The van der Waals surface area contributed by atoms with Crippen LogP contribution in [0.15, 0.2) is 24.3 Å². The molecular weight excluding hydrogens is 350 g/mol. The van der Waals surface area contributed by atoms with E-state index >= 15 is 0 Å². The monoisotopic (exact) mass is 378 g/mol. The van der Waals surface area contributed by atoms with Crippen LogP contribution in [0.2, 0.25) is 0 Å². The number of esters is 1. The summed E-state index contributed by atoms with van der Waals surface area (Å²) < 4.78 is 10.3. The molecule has 3 amide bonds. The highest BCUT2D eigenvalue weighted by molar-refractivity contribution is 5.97. The van der Waals surface area contributed by atoms with Crippen molar-refractivity contribution in [1.82, 2.24) is 10.6 Å². The molecule has 1 saturated heterocycles. The second-order valence-corrected chi connectivity index (χ2v) is 6.64. The lowest BCUT2D eigenvalue weighted by atomic mass is 10.1. The fourth-order valence-corrected chi connectivity index (χ4v) is 2.62. The maximum absolute atomic E-state index is 12.0. The Kier molecular flexibility index (Phi) is 8.22. The van der Waals surface area contributed by atoms with Crippen LogP contribution in [0.25, 0.3) is 0 Å². The van der Waals surface area contributed by atoms with Gasteiger partial charge in [0.2, 0.25) is 0 Å². The first kappa shape index (κ1) is 20.9. The fourth-order valence-electron chi connectivity index (χ4n) is 2.62. The predicted octanol–water partition coefficient (Wildman–Crippen LogP) is -0.117. The molecule has 1 aliphatic heterocycles. The van der Waals surface area contributed by atoms with Gasteiger partial charge in [-0.1, -0.05) is 19.1 Å². The summed E-state index contributed by atoms with van der Waals surface area (Å²) in [7, 11) is 0. The molecule has 8 heteroatoms. The lowest BCUT2D eigenvalue weighted by Gasteiger charge is -2.23. The number of urea groups is 1. The molecule has 8 nitrogen and oxygen atoms in total. The van der Waals surface area contributed by atoms with E-state index in [4.69, 9.17) is 9.47 Å². The van der Waals surface area contributed by atoms with Crippen LogP contribution in [0, 0.1) is 0 Å². The number of carbonyl (C=O) groups excluding carboxylic acids is 3. The van der Waals surface area contributed by atoms with Crippen LogP contribution in [0.1, 0.15) is 36.2 Å². The van der Waals surface area contributed by atoms with E-state index in [1.165, 1.54) is 4.90 Å². The third-order valence-electron chi connectivity index (χ3n) is 4.42. The third kappa shape index (κ3) is 7.36. The molecule has 3 N–H and O–H groups in total. The van der Waals surface area contributed by atoms with E-state index in [1.807, 2.05) is 26.0 Å². The van der Waals surface area contributed by atoms with Crippen molar-refractivity contribution >= 4 is 17.9 Å². The van der Waals surface area contributed by atoms with E-state index < -0.39 is 24.5 Å². The molecule has 0 radical (unpaired) electrons. The van der Waals surface area contributed by atoms with Crippen LogP contribution >= 0.6 is 0 Å². The second kappa shape index (κ2) is 10.6. The smallest absolute Gasteiger partial charge is 0.338 e. The number of carbonyl (C=O) groups is 3. The average Bonchev–Trinajstić information content (AvgIpc) is 2.67. The third-order valence-corrected chi connectivity index (χ3v) is 4.42. The number of hydrogen-bond donors (Lipinski definition) is 3. The first-order valence-electron chi connectivity index (χ1n) is 9.25. The SMILES string of the molecule is CC[C@H](C)NC(=O)NC(=O)COC(=O)c1ccc(C[NH+]2CCOCC2)cc1. The van der Waals surface area contributed by atoms with Crippen LogP contribution in [0.3, 0.4) is 0 Å². The van der Waals surface area contributed by atoms with Crippen molar-refractivity contribution in [2.75, 3.05) is 32.9 Å². The van der Waals surface area contributed by atoms with Gasteiger partial charge in [-0.3, -0.25) is 10.1 Å². The van der Waals surface area contributed by atoms with E-state index in [0.717, 1.165) is 44.8 Å². The minimum absolute atomic E-state index is 0.0434. The van der Waals surface area contributed by atoms with Crippen molar-refractivity contribution in [2.45, 2.75) is 32.9 Å². The van der Waals surface area contributed by atoms with Gasteiger partial charge in [-0.25, -0.2) is 9.59 Å². The number of amides is 3. The van der Waals surface area contributed by atoms with Gasteiger partial charge in [0.15, 0.2) is 6.61 Å². The van der Waals surface area contributed by atoms with Gasteiger partial charge in [0.1, 0.15) is 19.6 Å². The molecule has 2 rings (SSSR count). The van der Waals surface area contributed by atoms with Crippen molar-refractivity contribution in [3.05, 3.63) is 35.4 Å². The molecule has 1 fully saturated rings. The maximum atomic E-state index is 12.0. The first-order valence-corrected chi connectivity index (χ1v) is 9.25. The van der Waals surface area contributed by atoms with Crippen LogP contribution in [-0.2, 0) is 20.8 Å². The lowest BCUT2D eigenvalue weighted by Crippen LogP contribution is -3.12. The van der Waals surface area contributed by atoms with E-state index in [2.05, 4.69) is 10.6 Å². The zero-order valence-electron chi connectivity index (χ0n) is 15.9. The highest BCUT2D eigenvalue weighted by atomic mass is 16.5. The maximum Gasteiger partial charge on any atom is 0.338 e. The second-order valence-electron chi connectivity index (χ2n) is 6.64. The topological polar surface area (TPSA) is 98.2 Å². The van der Waals surface area contributed by atoms with Crippen molar-refractivity contribution < 1.29 is 28.8 Å². The molecule has 1 aromatic rings. The minimum atomic E-state index is -0.670. The van der Waals surface area contributed by atoms with Gasteiger partial charge in [-0.15, -0.1) is 0 Å². The largest absolute Gasteiger partial charge is 0.452 e. The molecule has 0 saturated carbocycles. The van der Waals surface area contributed by atoms with Crippen molar-refractivity contribution in [3.8, 4) is 0 Å². The summed E-state index contributed by atoms with van der Waals surface area (Å²) in [4.78, 5) is 36.7. The molecule has 0 spiro atoms. The number of imide groups is 1. The highest BCUT2D eigenvalue weighted by Crippen LogP contribution is 2.05. The van der Waals surface area contributed by atoms with Crippen LogP contribution in [0.4, 0.5) is 4.79 Å². The van der Waals surface area contributed by atoms with Gasteiger partial charge in [-0.2, -0.15) is 0 Å². The van der Waals surface area contributed by atoms with Crippen molar-refractivity contribution in [1.29, 1.82) is 0 Å². The van der Waals surface area contributed by atoms with E-state index in [9.17, 15) is 14.4 Å². The summed E-state index contributed by atoms with van der Waals surface area (Å²) in [5.41, 5.74) is 1.50. The first-order chi connectivity index (χ1) is 13.0.